The summed E-state index contributed by atoms with van der Waals surface area (Å²) in [6, 6.07) is 10.3. The first kappa shape index (κ1) is 11.8. The number of benzene rings is 1. The molecule has 0 fully saturated rings. The summed E-state index contributed by atoms with van der Waals surface area (Å²) >= 11 is 0. The van der Waals surface area contributed by atoms with Crippen LogP contribution in [0.5, 0.6) is 0 Å². The molecule has 4 aromatic rings. The number of hydrogen-bond acceptors (Lipinski definition) is 3. The van der Waals surface area contributed by atoms with Crippen LogP contribution in [0.3, 0.4) is 0 Å². The van der Waals surface area contributed by atoms with Crippen molar-refractivity contribution in [1.29, 1.82) is 0 Å². The Hall–Kier alpha value is -2.95. The van der Waals surface area contributed by atoms with Crippen LogP contribution in [0.1, 0.15) is 0 Å². The topological polar surface area (TPSA) is 67.6 Å². The number of hydrogen-bond donors (Lipinski definition) is 2. The lowest BCUT2D eigenvalue weighted by Gasteiger charge is -2.01. The highest BCUT2D eigenvalue weighted by Gasteiger charge is 2.08. The zero-order valence-corrected chi connectivity index (χ0v) is 11.0. The highest BCUT2D eigenvalue weighted by molar-refractivity contribution is 6.07. The predicted octanol–water partition coefficient (Wildman–Crippen LogP) is 3.50. The van der Waals surface area contributed by atoms with E-state index in [4.69, 9.17) is 5.73 Å². The molecule has 4 rings (SSSR count). The first-order chi connectivity index (χ1) is 10.2. The van der Waals surface area contributed by atoms with Crippen LogP contribution in [-0.4, -0.2) is 15.0 Å². The summed E-state index contributed by atoms with van der Waals surface area (Å²) in [5.74, 6) is 0.194. The van der Waals surface area contributed by atoms with Gasteiger partial charge in [0.05, 0.1) is 11.7 Å². The molecule has 21 heavy (non-hydrogen) atoms. The molecule has 3 aromatic heterocycles. The van der Waals surface area contributed by atoms with E-state index in [0.717, 1.165) is 33.1 Å². The number of nitrogens with two attached hydrogens (primary N) is 1. The van der Waals surface area contributed by atoms with E-state index in [1.54, 1.807) is 18.5 Å². The van der Waals surface area contributed by atoms with Crippen molar-refractivity contribution in [3.63, 3.8) is 0 Å². The lowest BCUT2D eigenvalue weighted by Crippen LogP contribution is -1.87. The van der Waals surface area contributed by atoms with E-state index in [2.05, 4.69) is 15.0 Å². The van der Waals surface area contributed by atoms with Crippen molar-refractivity contribution in [3.05, 3.63) is 54.6 Å². The van der Waals surface area contributed by atoms with Crippen molar-refractivity contribution in [1.82, 2.24) is 15.0 Å². The third-order valence-corrected chi connectivity index (χ3v) is 3.51. The molecule has 0 saturated heterocycles. The van der Waals surface area contributed by atoms with E-state index in [1.807, 2.05) is 18.2 Å². The zero-order chi connectivity index (χ0) is 14.4. The minimum atomic E-state index is -0.264. The fourth-order valence-electron chi connectivity index (χ4n) is 2.52. The molecule has 102 valence electrons. The van der Waals surface area contributed by atoms with Gasteiger partial charge in [0, 0.05) is 22.5 Å². The Kier molecular flexibility index (Phi) is 2.41. The Morgan fingerprint density at radius 3 is 2.71 bits per heavy atom. The maximum atomic E-state index is 13.4. The highest BCUT2D eigenvalue weighted by Crippen LogP contribution is 2.29. The largest absolute Gasteiger partial charge is 0.384 e. The summed E-state index contributed by atoms with van der Waals surface area (Å²) in [5.41, 5.74) is 9.04. The van der Waals surface area contributed by atoms with Gasteiger partial charge in [-0.2, -0.15) is 0 Å². The number of nitrogens with zero attached hydrogens (tertiary/aromatic N) is 2. The minimum Gasteiger partial charge on any atom is -0.384 e. The summed E-state index contributed by atoms with van der Waals surface area (Å²) in [5, 5.41) is 1.91. The molecule has 3 N–H and O–H groups in total. The third kappa shape index (κ3) is 1.90. The lowest BCUT2D eigenvalue weighted by molar-refractivity contribution is 0.628. The van der Waals surface area contributed by atoms with Gasteiger partial charge in [-0.1, -0.05) is 12.1 Å². The average molecular weight is 278 g/mol. The molecular formula is C16H11FN4. The van der Waals surface area contributed by atoms with Crippen LogP contribution < -0.4 is 5.73 Å². The Labute approximate surface area is 119 Å². The summed E-state index contributed by atoms with van der Waals surface area (Å²) in [7, 11) is 0. The maximum Gasteiger partial charge on any atom is 0.138 e. The number of anilines is 1. The molecule has 0 bridgehead atoms. The molecule has 0 aliphatic heterocycles. The number of rotatable bonds is 1. The van der Waals surface area contributed by atoms with E-state index in [-0.39, 0.29) is 5.82 Å². The van der Waals surface area contributed by atoms with E-state index in [1.165, 1.54) is 12.1 Å². The SMILES string of the molecule is Nc1cc2c(cn1)[nH]c1ncc(-c3cccc(F)c3)cc12. The number of aromatic nitrogens is 3. The number of halogens is 1. The Morgan fingerprint density at radius 2 is 1.86 bits per heavy atom. The van der Waals surface area contributed by atoms with Gasteiger partial charge in [0.15, 0.2) is 0 Å². The van der Waals surface area contributed by atoms with Crippen molar-refractivity contribution in [2.45, 2.75) is 0 Å². The fourth-order valence-corrected chi connectivity index (χ4v) is 2.52. The Morgan fingerprint density at radius 1 is 0.952 bits per heavy atom. The molecule has 0 aliphatic rings. The molecule has 0 aliphatic carbocycles. The van der Waals surface area contributed by atoms with Gasteiger partial charge in [-0.05, 0) is 29.8 Å². The number of fused-ring (bicyclic) bond motifs is 3. The van der Waals surface area contributed by atoms with Crippen LogP contribution in [0.25, 0.3) is 33.1 Å². The van der Waals surface area contributed by atoms with Crippen LogP contribution in [0, 0.1) is 5.82 Å². The lowest BCUT2D eigenvalue weighted by atomic mass is 10.1. The third-order valence-electron chi connectivity index (χ3n) is 3.51. The van der Waals surface area contributed by atoms with E-state index in [0.29, 0.717) is 5.82 Å². The second-order valence-corrected chi connectivity index (χ2v) is 4.91. The Bertz CT molecular complexity index is 975. The van der Waals surface area contributed by atoms with Crippen LogP contribution in [-0.2, 0) is 0 Å². The highest BCUT2D eigenvalue weighted by atomic mass is 19.1. The molecule has 0 atom stereocenters. The number of aromatic amines is 1. The molecule has 3 heterocycles. The first-order valence-electron chi connectivity index (χ1n) is 6.49. The molecule has 0 unspecified atom stereocenters. The summed E-state index contributed by atoms with van der Waals surface area (Å²) in [6.45, 7) is 0. The van der Waals surface area contributed by atoms with Gasteiger partial charge in [-0.25, -0.2) is 14.4 Å². The molecule has 5 heteroatoms. The van der Waals surface area contributed by atoms with Gasteiger partial charge < -0.3 is 10.7 Å². The smallest absolute Gasteiger partial charge is 0.138 e. The monoisotopic (exact) mass is 278 g/mol. The molecule has 4 nitrogen and oxygen atoms in total. The van der Waals surface area contributed by atoms with Crippen molar-refractivity contribution in [2.24, 2.45) is 0 Å². The van der Waals surface area contributed by atoms with Crippen molar-refractivity contribution in [3.8, 4) is 11.1 Å². The van der Waals surface area contributed by atoms with Gasteiger partial charge in [-0.15, -0.1) is 0 Å². The van der Waals surface area contributed by atoms with Crippen molar-refractivity contribution < 1.29 is 4.39 Å². The molecular weight excluding hydrogens is 267 g/mol. The standard InChI is InChI=1S/C16H11FN4/c17-11-3-1-2-9(4-11)10-5-13-12-6-15(18)19-8-14(12)21-16(13)20-7-10/h1-8H,(H2,18,19)(H,20,21). The first-order valence-corrected chi connectivity index (χ1v) is 6.49. The number of H-pyrrole nitrogens is 1. The van der Waals surface area contributed by atoms with Gasteiger partial charge in [0.2, 0.25) is 0 Å². The molecule has 0 amide bonds. The van der Waals surface area contributed by atoms with Crippen LogP contribution >= 0.6 is 0 Å². The average Bonchev–Trinajstić information content (AvgIpc) is 2.84. The van der Waals surface area contributed by atoms with Gasteiger partial charge in [-0.3, -0.25) is 0 Å². The van der Waals surface area contributed by atoms with Crippen molar-refractivity contribution in [2.75, 3.05) is 5.73 Å². The summed E-state index contributed by atoms with van der Waals surface area (Å²) in [6.07, 6.45) is 3.41. The van der Waals surface area contributed by atoms with Crippen molar-refractivity contribution >= 4 is 27.8 Å². The quantitative estimate of drug-likeness (QED) is 0.560. The maximum absolute atomic E-state index is 13.4. The molecule has 1 aromatic carbocycles. The van der Waals surface area contributed by atoms with Crippen LogP contribution in [0.15, 0.2) is 48.8 Å². The Balaban J connectivity index is 2.00. The number of nitrogen functional groups attached to an aromatic ring is 1. The normalized spacial score (nSPS) is 11.3. The summed E-state index contributed by atoms with van der Waals surface area (Å²) < 4.78 is 13.4. The van der Waals surface area contributed by atoms with E-state index >= 15 is 0 Å². The predicted molar refractivity (Wildman–Crippen MR) is 81.2 cm³/mol. The molecule has 0 spiro atoms. The van der Waals surface area contributed by atoms with Crippen LogP contribution in [0.4, 0.5) is 10.2 Å². The zero-order valence-electron chi connectivity index (χ0n) is 11.0. The van der Waals surface area contributed by atoms with E-state index in [9.17, 15) is 4.39 Å². The van der Waals surface area contributed by atoms with E-state index < -0.39 is 0 Å². The molecule has 0 radical (unpaired) electrons. The summed E-state index contributed by atoms with van der Waals surface area (Å²) in [4.78, 5) is 11.7. The van der Waals surface area contributed by atoms with Gasteiger partial charge in [0.1, 0.15) is 17.3 Å². The second-order valence-electron chi connectivity index (χ2n) is 4.91. The fraction of sp³-hybridized carbons (Fsp3) is 0. The number of nitrogens with one attached hydrogen (secondary N) is 1. The van der Waals surface area contributed by atoms with Gasteiger partial charge >= 0.3 is 0 Å². The van der Waals surface area contributed by atoms with Crippen LogP contribution in [0.2, 0.25) is 0 Å². The number of pyridine rings is 2. The minimum absolute atomic E-state index is 0.264. The van der Waals surface area contributed by atoms with Gasteiger partial charge in [0.25, 0.3) is 0 Å². The molecule has 0 saturated carbocycles. The second kappa shape index (κ2) is 4.28.